The average Bonchev–Trinajstić information content (AvgIpc) is 3.29. The Kier molecular flexibility index (Phi) is 5.13. The predicted octanol–water partition coefficient (Wildman–Crippen LogP) is 4.52. The quantitative estimate of drug-likeness (QED) is 0.434. The number of tetrazole rings is 1. The first-order valence-electron chi connectivity index (χ1n) is 8.01. The third kappa shape index (κ3) is 3.64. The fraction of sp³-hybridized carbons (Fsp3) is 0.0556. The minimum absolute atomic E-state index is 0.428. The summed E-state index contributed by atoms with van der Waals surface area (Å²) in [5.74, 6) is 0.428. The van der Waals surface area contributed by atoms with E-state index in [2.05, 4.69) is 42.5 Å². The van der Waals surface area contributed by atoms with E-state index in [1.165, 1.54) is 4.80 Å². The molecule has 2 heterocycles. The third-order valence-corrected chi connectivity index (χ3v) is 5.25. The van der Waals surface area contributed by atoms with E-state index in [-0.39, 0.29) is 0 Å². The fourth-order valence-corrected chi connectivity index (χ4v) is 3.62. The van der Waals surface area contributed by atoms with Crippen molar-refractivity contribution in [3.8, 4) is 23.1 Å². The first-order chi connectivity index (χ1) is 13.5. The van der Waals surface area contributed by atoms with Gasteiger partial charge >= 0.3 is 0 Å². The molecule has 0 radical (unpaired) electrons. The van der Waals surface area contributed by atoms with Gasteiger partial charge in [-0.3, -0.25) is 0 Å². The van der Waals surface area contributed by atoms with Crippen molar-refractivity contribution in [3.63, 3.8) is 0 Å². The Morgan fingerprint density at radius 2 is 1.89 bits per heavy atom. The smallest absolute Gasteiger partial charge is 0.209 e. The Morgan fingerprint density at radius 3 is 2.61 bits per heavy atom. The molecule has 0 bridgehead atoms. The van der Waals surface area contributed by atoms with E-state index in [1.807, 2.05) is 12.1 Å². The molecular formula is C18H10BrCl2N7. The zero-order chi connectivity index (χ0) is 19.7. The number of rotatable bonds is 4. The highest BCUT2D eigenvalue weighted by Gasteiger charge is 2.17. The van der Waals surface area contributed by atoms with Gasteiger partial charge in [0, 0.05) is 5.02 Å². The Balaban J connectivity index is 1.60. The number of hydrogen-bond acceptors (Lipinski definition) is 5. The summed E-state index contributed by atoms with van der Waals surface area (Å²) in [4.78, 5) is 1.48. The number of benzene rings is 2. The topological polar surface area (TPSA) is 85.2 Å². The number of halogens is 3. The zero-order valence-electron chi connectivity index (χ0n) is 14.1. The van der Waals surface area contributed by atoms with Crippen LogP contribution in [0.2, 0.25) is 10.0 Å². The molecule has 2 aromatic carbocycles. The standard InChI is InChI=1S/C18H10BrCl2N7/c19-17-14(9-23-28(17)16-6-5-13(20)7-15(16)21)18-24-26-27(25-18)10-12-3-1-11(8-22)2-4-12/h1-7,9H,10H2. The lowest BCUT2D eigenvalue weighted by molar-refractivity contribution is 0.573. The lowest BCUT2D eigenvalue weighted by atomic mass is 10.1. The largest absolute Gasteiger partial charge is 0.224 e. The fourth-order valence-electron chi connectivity index (χ4n) is 2.57. The van der Waals surface area contributed by atoms with Crippen molar-refractivity contribution in [2.24, 2.45) is 0 Å². The van der Waals surface area contributed by atoms with Crippen LogP contribution in [0.5, 0.6) is 0 Å². The van der Waals surface area contributed by atoms with Gasteiger partial charge in [-0.15, -0.1) is 10.2 Å². The van der Waals surface area contributed by atoms with E-state index in [9.17, 15) is 0 Å². The van der Waals surface area contributed by atoms with E-state index in [1.54, 1.807) is 41.2 Å². The van der Waals surface area contributed by atoms with Gasteiger partial charge in [0.15, 0.2) is 0 Å². The summed E-state index contributed by atoms with van der Waals surface area (Å²) in [6.45, 7) is 0.438. The Labute approximate surface area is 178 Å². The number of hydrogen-bond donors (Lipinski definition) is 0. The number of aromatic nitrogens is 6. The molecule has 2 aromatic heterocycles. The monoisotopic (exact) mass is 473 g/mol. The van der Waals surface area contributed by atoms with Crippen molar-refractivity contribution >= 4 is 39.1 Å². The molecule has 0 aliphatic rings. The van der Waals surface area contributed by atoms with E-state index >= 15 is 0 Å². The van der Waals surface area contributed by atoms with Gasteiger partial charge in [-0.2, -0.15) is 15.2 Å². The maximum absolute atomic E-state index is 8.87. The minimum Gasteiger partial charge on any atom is -0.224 e. The van der Waals surface area contributed by atoms with Gasteiger partial charge in [-0.25, -0.2) is 4.68 Å². The first kappa shape index (κ1) is 18.6. The van der Waals surface area contributed by atoms with E-state index < -0.39 is 0 Å². The second-order valence-corrected chi connectivity index (χ2v) is 7.40. The van der Waals surface area contributed by atoms with Crippen LogP contribution in [-0.2, 0) is 6.54 Å². The molecule has 0 atom stereocenters. The van der Waals surface area contributed by atoms with Crippen LogP contribution in [0.25, 0.3) is 17.1 Å². The summed E-state index contributed by atoms with van der Waals surface area (Å²) in [5, 5.41) is 26.9. The van der Waals surface area contributed by atoms with Crippen molar-refractivity contribution in [1.29, 1.82) is 5.26 Å². The summed E-state index contributed by atoms with van der Waals surface area (Å²) >= 11 is 15.8. The summed E-state index contributed by atoms with van der Waals surface area (Å²) in [5.41, 5.74) is 2.92. The summed E-state index contributed by atoms with van der Waals surface area (Å²) in [6.07, 6.45) is 1.64. The van der Waals surface area contributed by atoms with Crippen LogP contribution in [0.1, 0.15) is 11.1 Å². The van der Waals surface area contributed by atoms with Gasteiger partial charge in [-0.1, -0.05) is 35.3 Å². The Hall–Kier alpha value is -2.73. The zero-order valence-corrected chi connectivity index (χ0v) is 17.2. The van der Waals surface area contributed by atoms with Crippen LogP contribution in [0.15, 0.2) is 53.3 Å². The lowest BCUT2D eigenvalue weighted by Gasteiger charge is -2.06. The molecule has 0 aliphatic carbocycles. The van der Waals surface area contributed by atoms with Gasteiger partial charge in [-0.05, 0) is 57.0 Å². The van der Waals surface area contributed by atoms with Crippen LogP contribution < -0.4 is 0 Å². The first-order valence-corrected chi connectivity index (χ1v) is 9.56. The maximum Gasteiger partial charge on any atom is 0.209 e. The van der Waals surface area contributed by atoms with Crippen LogP contribution >= 0.6 is 39.1 Å². The molecule has 4 rings (SSSR count). The van der Waals surface area contributed by atoms with Gasteiger partial charge < -0.3 is 0 Å². The molecule has 0 saturated carbocycles. The minimum atomic E-state index is 0.428. The molecule has 7 nitrogen and oxygen atoms in total. The summed E-state index contributed by atoms with van der Waals surface area (Å²) in [7, 11) is 0. The van der Waals surface area contributed by atoms with Crippen molar-refractivity contribution in [2.75, 3.05) is 0 Å². The van der Waals surface area contributed by atoms with Crippen LogP contribution in [0.3, 0.4) is 0 Å². The molecule has 4 aromatic rings. The van der Waals surface area contributed by atoms with E-state index in [0.29, 0.717) is 43.8 Å². The van der Waals surface area contributed by atoms with E-state index in [4.69, 9.17) is 28.5 Å². The summed E-state index contributed by atoms with van der Waals surface area (Å²) < 4.78 is 2.28. The van der Waals surface area contributed by atoms with Gasteiger partial charge in [0.25, 0.3) is 0 Å². The second kappa shape index (κ2) is 7.72. The van der Waals surface area contributed by atoms with E-state index in [0.717, 1.165) is 5.56 Å². The van der Waals surface area contributed by atoms with Crippen LogP contribution in [-0.4, -0.2) is 30.0 Å². The van der Waals surface area contributed by atoms with Gasteiger partial charge in [0.05, 0.1) is 40.6 Å². The molecule has 10 heteroatoms. The molecule has 0 saturated heterocycles. The van der Waals surface area contributed by atoms with Crippen molar-refractivity contribution < 1.29 is 0 Å². The molecule has 0 amide bonds. The van der Waals surface area contributed by atoms with Gasteiger partial charge in [0.1, 0.15) is 4.60 Å². The van der Waals surface area contributed by atoms with Gasteiger partial charge in [0.2, 0.25) is 5.82 Å². The maximum atomic E-state index is 8.87. The highest BCUT2D eigenvalue weighted by molar-refractivity contribution is 9.10. The molecule has 0 spiro atoms. The molecule has 0 aliphatic heterocycles. The molecular weight excluding hydrogens is 465 g/mol. The molecule has 0 N–H and O–H groups in total. The third-order valence-electron chi connectivity index (χ3n) is 3.95. The Bertz CT molecular complexity index is 1190. The highest BCUT2D eigenvalue weighted by Crippen LogP contribution is 2.31. The van der Waals surface area contributed by atoms with Crippen molar-refractivity contribution in [3.05, 3.63) is 74.4 Å². The highest BCUT2D eigenvalue weighted by atomic mass is 79.9. The normalized spacial score (nSPS) is 10.8. The molecule has 138 valence electrons. The van der Waals surface area contributed by atoms with Crippen molar-refractivity contribution in [2.45, 2.75) is 6.54 Å². The average molecular weight is 475 g/mol. The number of nitrogens with zero attached hydrogens (tertiary/aromatic N) is 7. The second-order valence-electron chi connectivity index (χ2n) is 5.81. The lowest BCUT2D eigenvalue weighted by Crippen LogP contribution is -2.04. The predicted molar refractivity (Wildman–Crippen MR) is 108 cm³/mol. The molecule has 28 heavy (non-hydrogen) atoms. The van der Waals surface area contributed by atoms with Crippen LogP contribution in [0, 0.1) is 11.3 Å². The van der Waals surface area contributed by atoms with Crippen molar-refractivity contribution in [1.82, 2.24) is 30.0 Å². The Morgan fingerprint density at radius 1 is 1.11 bits per heavy atom. The summed E-state index contributed by atoms with van der Waals surface area (Å²) in [6, 6.07) is 14.5. The SMILES string of the molecule is N#Cc1ccc(Cn2nnc(-c3cnn(-c4ccc(Cl)cc4Cl)c3Br)n2)cc1. The van der Waals surface area contributed by atoms with Crippen LogP contribution in [0.4, 0.5) is 0 Å². The number of nitriles is 1. The molecule has 0 fully saturated rings. The molecule has 0 unspecified atom stereocenters.